The zero-order chi connectivity index (χ0) is 15.0. The van der Waals surface area contributed by atoms with Gasteiger partial charge in [0.15, 0.2) is 0 Å². The summed E-state index contributed by atoms with van der Waals surface area (Å²) >= 11 is 1.71. The Morgan fingerprint density at radius 3 is 2.90 bits per heavy atom. The number of primary sulfonamides is 1. The van der Waals surface area contributed by atoms with Gasteiger partial charge in [-0.15, -0.1) is 11.3 Å². The van der Waals surface area contributed by atoms with Crippen LogP contribution >= 0.6 is 11.3 Å². The highest BCUT2D eigenvalue weighted by molar-refractivity contribution is 7.89. The second kappa shape index (κ2) is 5.70. The number of likely N-dealkylation sites (tertiary alicyclic amines) is 1. The van der Waals surface area contributed by atoms with E-state index in [-0.39, 0.29) is 18.4 Å². The predicted molar refractivity (Wildman–Crippen MR) is 82.7 cm³/mol. The maximum atomic E-state index is 12.8. The Bertz CT molecular complexity index is 638. The standard InChI is InChI=1S/C14H20N2O3S2/c15-21(18,19)10-3-2-7-16(9-10)14(17)12-4-1-5-13-11(12)6-8-20-13/h6,8,10,12H,1-5,7,9H2,(H2,15,18,19). The average molecular weight is 328 g/mol. The molecule has 2 atom stereocenters. The molecule has 116 valence electrons. The van der Waals surface area contributed by atoms with Crippen LogP contribution in [0, 0.1) is 0 Å². The lowest BCUT2D eigenvalue weighted by Crippen LogP contribution is -2.48. The maximum absolute atomic E-state index is 12.8. The van der Waals surface area contributed by atoms with E-state index < -0.39 is 15.3 Å². The van der Waals surface area contributed by atoms with Gasteiger partial charge in [-0.2, -0.15) is 0 Å². The molecule has 1 saturated heterocycles. The number of hydrogen-bond donors (Lipinski definition) is 1. The predicted octanol–water partition coefficient (Wildman–Crippen LogP) is 1.45. The highest BCUT2D eigenvalue weighted by Crippen LogP contribution is 2.36. The number of piperidine rings is 1. The second-order valence-electron chi connectivity index (χ2n) is 5.88. The molecule has 2 N–H and O–H groups in total. The van der Waals surface area contributed by atoms with Crippen LogP contribution in [0.15, 0.2) is 11.4 Å². The molecule has 1 amide bonds. The van der Waals surface area contributed by atoms with Gasteiger partial charge in [-0.1, -0.05) is 0 Å². The molecule has 0 radical (unpaired) electrons. The van der Waals surface area contributed by atoms with Gasteiger partial charge in [-0.25, -0.2) is 13.6 Å². The van der Waals surface area contributed by atoms with Crippen LogP contribution in [-0.4, -0.2) is 37.6 Å². The van der Waals surface area contributed by atoms with Crippen molar-refractivity contribution in [3.05, 3.63) is 21.9 Å². The topological polar surface area (TPSA) is 80.5 Å². The number of carbonyl (C=O) groups is 1. The number of fused-ring (bicyclic) bond motifs is 1. The van der Waals surface area contributed by atoms with E-state index in [1.165, 1.54) is 4.88 Å². The Hall–Kier alpha value is -0.920. The molecule has 2 aliphatic rings. The van der Waals surface area contributed by atoms with Crippen LogP contribution in [0.4, 0.5) is 0 Å². The van der Waals surface area contributed by atoms with E-state index in [0.29, 0.717) is 19.4 Å². The molecule has 0 aromatic carbocycles. The van der Waals surface area contributed by atoms with E-state index in [1.807, 2.05) is 11.4 Å². The molecule has 1 aliphatic carbocycles. The Kier molecular flexibility index (Phi) is 4.07. The monoisotopic (exact) mass is 328 g/mol. The van der Waals surface area contributed by atoms with E-state index in [1.54, 1.807) is 16.2 Å². The number of sulfonamides is 1. The van der Waals surface area contributed by atoms with Gasteiger partial charge in [0.25, 0.3) is 0 Å². The first-order valence-electron chi connectivity index (χ1n) is 7.33. The highest BCUT2D eigenvalue weighted by atomic mass is 32.2. The lowest BCUT2D eigenvalue weighted by molar-refractivity contribution is -0.134. The van der Waals surface area contributed by atoms with Crippen LogP contribution in [0.2, 0.25) is 0 Å². The van der Waals surface area contributed by atoms with Gasteiger partial charge in [0.05, 0.1) is 11.2 Å². The molecule has 5 nitrogen and oxygen atoms in total. The van der Waals surface area contributed by atoms with Crippen molar-refractivity contribution in [1.29, 1.82) is 0 Å². The first kappa shape index (κ1) is 15.0. The van der Waals surface area contributed by atoms with Gasteiger partial charge in [-0.05, 0) is 49.1 Å². The fourth-order valence-corrected chi connectivity index (χ4v) is 5.24. The van der Waals surface area contributed by atoms with E-state index in [9.17, 15) is 13.2 Å². The Morgan fingerprint density at radius 1 is 1.33 bits per heavy atom. The van der Waals surface area contributed by atoms with Crippen molar-refractivity contribution in [1.82, 2.24) is 4.90 Å². The third kappa shape index (κ3) is 3.00. The average Bonchev–Trinajstić information content (AvgIpc) is 2.94. The third-order valence-corrected chi connectivity index (χ3v) is 6.81. The van der Waals surface area contributed by atoms with Crippen molar-refractivity contribution in [3.8, 4) is 0 Å². The number of hydrogen-bond acceptors (Lipinski definition) is 4. The molecule has 0 bridgehead atoms. The summed E-state index contributed by atoms with van der Waals surface area (Å²) in [6, 6.07) is 2.04. The summed E-state index contributed by atoms with van der Waals surface area (Å²) in [6.45, 7) is 0.883. The summed E-state index contributed by atoms with van der Waals surface area (Å²) in [6.07, 6.45) is 4.19. The summed E-state index contributed by atoms with van der Waals surface area (Å²) in [4.78, 5) is 15.8. The lowest BCUT2D eigenvalue weighted by atomic mass is 9.86. The molecule has 2 unspecified atom stereocenters. The normalized spacial score (nSPS) is 26.4. The largest absolute Gasteiger partial charge is 0.341 e. The fraction of sp³-hybridized carbons (Fsp3) is 0.643. The van der Waals surface area contributed by atoms with Crippen molar-refractivity contribution in [2.45, 2.75) is 43.3 Å². The zero-order valence-corrected chi connectivity index (χ0v) is 13.5. The number of nitrogens with two attached hydrogens (primary N) is 1. The van der Waals surface area contributed by atoms with Crippen molar-refractivity contribution in [3.63, 3.8) is 0 Å². The van der Waals surface area contributed by atoms with Gasteiger partial charge >= 0.3 is 0 Å². The Morgan fingerprint density at radius 2 is 2.14 bits per heavy atom. The number of carbonyl (C=O) groups excluding carboxylic acids is 1. The lowest BCUT2D eigenvalue weighted by Gasteiger charge is -2.35. The van der Waals surface area contributed by atoms with Gasteiger partial charge in [0.1, 0.15) is 0 Å². The molecule has 1 fully saturated rings. The quantitative estimate of drug-likeness (QED) is 0.892. The highest BCUT2D eigenvalue weighted by Gasteiger charge is 2.35. The number of amides is 1. The van der Waals surface area contributed by atoms with Crippen LogP contribution in [0.25, 0.3) is 0 Å². The van der Waals surface area contributed by atoms with Crippen molar-refractivity contribution in [2.75, 3.05) is 13.1 Å². The molecule has 1 aromatic heterocycles. The first-order valence-corrected chi connectivity index (χ1v) is 9.82. The van der Waals surface area contributed by atoms with Gasteiger partial charge in [0.2, 0.25) is 15.9 Å². The van der Waals surface area contributed by atoms with Crippen molar-refractivity contribution >= 4 is 27.3 Å². The molecule has 21 heavy (non-hydrogen) atoms. The minimum Gasteiger partial charge on any atom is -0.341 e. The van der Waals surface area contributed by atoms with E-state index in [2.05, 4.69) is 0 Å². The van der Waals surface area contributed by atoms with Crippen LogP contribution in [0.1, 0.15) is 42.0 Å². The third-order valence-electron chi connectivity index (χ3n) is 4.50. The summed E-state index contributed by atoms with van der Waals surface area (Å²) < 4.78 is 23.1. The Balaban J connectivity index is 1.77. The van der Waals surface area contributed by atoms with Gasteiger partial charge in [0, 0.05) is 18.0 Å². The molecule has 2 heterocycles. The molecule has 0 saturated carbocycles. The molecular formula is C14H20N2O3S2. The summed E-state index contributed by atoms with van der Waals surface area (Å²) in [5, 5.41) is 6.68. The SMILES string of the molecule is NS(=O)(=O)C1CCCN(C(=O)C2CCCc3sccc32)C1. The fourth-order valence-electron chi connectivity index (χ4n) is 3.37. The first-order chi connectivity index (χ1) is 9.97. The van der Waals surface area contributed by atoms with Crippen LogP contribution in [-0.2, 0) is 21.2 Å². The second-order valence-corrected chi connectivity index (χ2v) is 8.73. The number of thiophene rings is 1. The summed E-state index contributed by atoms with van der Waals surface area (Å²) in [5.74, 6) is -0.0260. The minimum atomic E-state index is -3.56. The number of rotatable bonds is 2. The molecule has 1 aromatic rings. The van der Waals surface area contributed by atoms with E-state index in [0.717, 1.165) is 24.8 Å². The number of aryl methyl sites for hydroxylation is 1. The summed E-state index contributed by atoms with van der Waals surface area (Å²) in [5.41, 5.74) is 1.15. The van der Waals surface area contributed by atoms with E-state index in [4.69, 9.17) is 5.14 Å². The molecule has 1 aliphatic heterocycles. The molecule has 0 spiro atoms. The molecule has 7 heteroatoms. The zero-order valence-electron chi connectivity index (χ0n) is 11.8. The van der Waals surface area contributed by atoms with E-state index >= 15 is 0 Å². The van der Waals surface area contributed by atoms with Gasteiger partial charge in [-0.3, -0.25) is 4.79 Å². The Labute approximate surface area is 129 Å². The van der Waals surface area contributed by atoms with Crippen LogP contribution < -0.4 is 5.14 Å². The van der Waals surface area contributed by atoms with Crippen LogP contribution in [0.3, 0.4) is 0 Å². The van der Waals surface area contributed by atoms with Gasteiger partial charge < -0.3 is 4.90 Å². The molecular weight excluding hydrogens is 308 g/mol. The van der Waals surface area contributed by atoms with Crippen molar-refractivity contribution < 1.29 is 13.2 Å². The van der Waals surface area contributed by atoms with Crippen molar-refractivity contribution in [2.24, 2.45) is 5.14 Å². The maximum Gasteiger partial charge on any atom is 0.230 e. The summed E-state index contributed by atoms with van der Waals surface area (Å²) in [7, 11) is -3.56. The minimum absolute atomic E-state index is 0.0719. The number of nitrogens with zero attached hydrogens (tertiary/aromatic N) is 1. The van der Waals surface area contributed by atoms with Crippen LogP contribution in [0.5, 0.6) is 0 Å². The smallest absolute Gasteiger partial charge is 0.230 e. The molecule has 3 rings (SSSR count).